The molecule has 0 atom stereocenters. The van der Waals surface area contributed by atoms with Crippen LogP contribution < -0.4 is 0 Å². The van der Waals surface area contributed by atoms with Gasteiger partial charge in [0, 0.05) is 25.7 Å². The van der Waals surface area contributed by atoms with Crippen LogP contribution in [0.3, 0.4) is 0 Å². The van der Waals surface area contributed by atoms with Crippen molar-refractivity contribution in [2.75, 3.05) is 13.2 Å². The molecular formula is C11H19NO2. The summed E-state index contributed by atoms with van der Waals surface area (Å²) in [4.78, 5) is 3.54. The highest BCUT2D eigenvalue weighted by Gasteiger charge is 2.41. The third-order valence-electron chi connectivity index (χ3n) is 2.71. The summed E-state index contributed by atoms with van der Waals surface area (Å²) < 4.78 is 11.1. The van der Waals surface area contributed by atoms with Crippen LogP contribution in [0.2, 0.25) is 0 Å². The van der Waals surface area contributed by atoms with Gasteiger partial charge in [-0.2, -0.15) is 0 Å². The maximum absolute atomic E-state index is 6.90. The van der Waals surface area contributed by atoms with Crippen molar-refractivity contribution in [3.8, 4) is 0 Å². The standard InChI is InChI=1S/C9H13NO2.C2H6/c1-10-8-2-4-9(5-3-8)11-6-7-12-9;1-2/h8H,2-7H2;1-2H3. The third-order valence-corrected chi connectivity index (χ3v) is 2.71. The summed E-state index contributed by atoms with van der Waals surface area (Å²) in [6.07, 6.45) is 3.67. The quantitative estimate of drug-likeness (QED) is 0.557. The Morgan fingerprint density at radius 2 is 1.64 bits per heavy atom. The Morgan fingerprint density at radius 3 is 2.07 bits per heavy atom. The summed E-state index contributed by atoms with van der Waals surface area (Å²) in [5, 5.41) is 0. The predicted octanol–water partition coefficient (Wildman–Crippen LogP) is 2.62. The summed E-state index contributed by atoms with van der Waals surface area (Å²) in [5.74, 6) is -0.290. The van der Waals surface area contributed by atoms with Crippen molar-refractivity contribution in [3.63, 3.8) is 0 Å². The Hall–Kier alpha value is -0.590. The number of ether oxygens (including phenoxy) is 2. The molecule has 1 saturated carbocycles. The summed E-state index contributed by atoms with van der Waals surface area (Å²) >= 11 is 0. The Bertz CT molecular complexity index is 194. The number of hydrogen-bond donors (Lipinski definition) is 0. The zero-order valence-corrected chi connectivity index (χ0v) is 9.08. The highest BCUT2D eigenvalue weighted by atomic mass is 16.7. The highest BCUT2D eigenvalue weighted by molar-refractivity contribution is 4.90. The molecule has 1 aliphatic heterocycles. The van der Waals surface area contributed by atoms with E-state index in [9.17, 15) is 0 Å². The van der Waals surface area contributed by atoms with E-state index in [1.54, 1.807) is 0 Å². The van der Waals surface area contributed by atoms with Gasteiger partial charge in [-0.05, 0) is 0 Å². The SMILES string of the molecule is CC.[C-]#[N+]C1CCC2(CC1)OCCO2. The molecule has 1 heterocycles. The lowest BCUT2D eigenvalue weighted by atomic mass is 9.90. The first-order valence-electron chi connectivity index (χ1n) is 5.49. The molecule has 14 heavy (non-hydrogen) atoms. The van der Waals surface area contributed by atoms with Crippen LogP contribution in [-0.4, -0.2) is 25.0 Å². The van der Waals surface area contributed by atoms with Crippen LogP contribution >= 0.6 is 0 Å². The molecule has 0 bridgehead atoms. The third kappa shape index (κ3) is 2.46. The van der Waals surface area contributed by atoms with Crippen LogP contribution in [0.1, 0.15) is 39.5 Å². The monoisotopic (exact) mass is 197 g/mol. The minimum Gasteiger partial charge on any atom is -0.348 e. The van der Waals surface area contributed by atoms with Gasteiger partial charge in [0.05, 0.1) is 13.2 Å². The van der Waals surface area contributed by atoms with E-state index < -0.39 is 0 Å². The van der Waals surface area contributed by atoms with Crippen molar-refractivity contribution in [2.24, 2.45) is 0 Å². The van der Waals surface area contributed by atoms with Crippen LogP contribution in [-0.2, 0) is 9.47 Å². The topological polar surface area (TPSA) is 22.8 Å². The van der Waals surface area contributed by atoms with Gasteiger partial charge in [-0.1, -0.05) is 13.8 Å². The largest absolute Gasteiger partial charge is 0.348 e. The van der Waals surface area contributed by atoms with E-state index in [0.29, 0.717) is 0 Å². The lowest BCUT2D eigenvalue weighted by Gasteiger charge is -2.31. The average molecular weight is 197 g/mol. The summed E-state index contributed by atoms with van der Waals surface area (Å²) in [6.45, 7) is 12.3. The molecule has 0 aromatic carbocycles. The molecule has 0 N–H and O–H groups in total. The van der Waals surface area contributed by atoms with Crippen LogP contribution in [0, 0.1) is 6.57 Å². The van der Waals surface area contributed by atoms with Gasteiger partial charge in [0.25, 0.3) is 0 Å². The first-order valence-corrected chi connectivity index (χ1v) is 5.49. The van der Waals surface area contributed by atoms with Crippen LogP contribution in [0.25, 0.3) is 4.85 Å². The minimum absolute atomic E-state index is 0.212. The highest BCUT2D eigenvalue weighted by Crippen LogP contribution is 2.36. The normalized spacial score (nSPS) is 25.2. The second-order valence-electron chi connectivity index (χ2n) is 3.47. The Morgan fingerprint density at radius 1 is 1.14 bits per heavy atom. The van der Waals surface area contributed by atoms with E-state index in [1.165, 1.54) is 0 Å². The van der Waals surface area contributed by atoms with Gasteiger partial charge in [0.1, 0.15) is 0 Å². The van der Waals surface area contributed by atoms with Crippen LogP contribution in [0.4, 0.5) is 0 Å². The van der Waals surface area contributed by atoms with E-state index in [4.69, 9.17) is 16.0 Å². The van der Waals surface area contributed by atoms with Gasteiger partial charge in [-0.25, -0.2) is 6.57 Å². The smallest absolute Gasteiger partial charge is 0.224 e. The summed E-state index contributed by atoms with van der Waals surface area (Å²) in [6, 6.07) is 0.212. The lowest BCUT2D eigenvalue weighted by molar-refractivity contribution is -0.177. The molecule has 2 aliphatic rings. The molecule has 3 nitrogen and oxygen atoms in total. The Kier molecular flexibility index (Phi) is 4.37. The van der Waals surface area contributed by atoms with Gasteiger partial charge < -0.3 is 14.3 Å². The van der Waals surface area contributed by atoms with E-state index in [2.05, 4.69) is 4.85 Å². The van der Waals surface area contributed by atoms with Crippen LogP contribution in [0.15, 0.2) is 0 Å². The van der Waals surface area contributed by atoms with Gasteiger partial charge in [0.2, 0.25) is 6.04 Å². The van der Waals surface area contributed by atoms with E-state index >= 15 is 0 Å². The maximum Gasteiger partial charge on any atom is 0.224 e. The molecule has 2 rings (SSSR count). The van der Waals surface area contributed by atoms with Gasteiger partial charge in [0.15, 0.2) is 5.79 Å². The fourth-order valence-electron chi connectivity index (χ4n) is 1.96. The molecule has 1 spiro atoms. The Labute approximate surface area is 86.2 Å². The summed E-state index contributed by atoms with van der Waals surface area (Å²) in [7, 11) is 0. The average Bonchev–Trinajstić information content (AvgIpc) is 2.71. The molecule has 80 valence electrons. The van der Waals surface area contributed by atoms with E-state index in [1.807, 2.05) is 13.8 Å². The van der Waals surface area contributed by atoms with Gasteiger partial charge >= 0.3 is 0 Å². The summed E-state index contributed by atoms with van der Waals surface area (Å²) in [5.41, 5.74) is 0. The molecule has 0 aromatic heterocycles. The molecule has 0 aromatic rings. The van der Waals surface area contributed by atoms with E-state index in [-0.39, 0.29) is 11.8 Å². The van der Waals surface area contributed by atoms with Gasteiger partial charge in [-0.15, -0.1) is 0 Å². The van der Waals surface area contributed by atoms with Crippen molar-refractivity contribution >= 4 is 0 Å². The zero-order valence-electron chi connectivity index (χ0n) is 9.08. The first kappa shape index (κ1) is 11.5. The molecule has 0 amide bonds. The van der Waals surface area contributed by atoms with Crippen molar-refractivity contribution in [1.82, 2.24) is 0 Å². The maximum atomic E-state index is 6.90. The molecule has 1 saturated heterocycles. The fourth-order valence-corrected chi connectivity index (χ4v) is 1.96. The molecular weight excluding hydrogens is 178 g/mol. The number of rotatable bonds is 0. The predicted molar refractivity (Wildman–Crippen MR) is 54.8 cm³/mol. The fraction of sp³-hybridized carbons (Fsp3) is 0.909. The second-order valence-corrected chi connectivity index (χ2v) is 3.47. The molecule has 3 heteroatoms. The minimum atomic E-state index is -0.290. The van der Waals surface area contributed by atoms with E-state index in [0.717, 1.165) is 38.9 Å². The zero-order chi connectivity index (χ0) is 10.4. The molecule has 0 unspecified atom stereocenters. The van der Waals surface area contributed by atoms with Crippen molar-refractivity contribution in [3.05, 3.63) is 11.4 Å². The van der Waals surface area contributed by atoms with Gasteiger partial charge in [-0.3, -0.25) is 0 Å². The molecule has 0 radical (unpaired) electrons. The van der Waals surface area contributed by atoms with Crippen LogP contribution in [0.5, 0.6) is 0 Å². The lowest BCUT2D eigenvalue weighted by Crippen LogP contribution is -2.35. The van der Waals surface area contributed by atoms with Crippen molar-refractivity contribution in [1.29, 1.82) is 0 Å². The second kappa shape index (κ2) is 5.33. The Balaban J connectivity index is 0.000000461. The number of nitrogens with zero attached hydrogens (tertiary/aromatic N) is 1. The number of hydrogen-bond acceptors (Lipinski definition) is 2. The van der Waals surface area contributed by atoms with Crippen molar-refractivity contribution < 1.29 is 9.47 Å². The molecule has 1 aliphatic carbocycles. The van der Waals surface area contributed by atoms with Crippen molar-refractivity contribution in [2.45, 2.75) is 51.4 Å². The molecule has 2 fully saturated rings. The first-order chi connectivity index (χ1) is 6.85.